The standard InChI is InChI=1S/C25H18F4N6O3/c26-14-1-4-16(5-2-14)35(22(38)24(8-9-24)21(30)37)19-7-10-31-23(34-19)32-15-3-6-18-13(11-15)12-17(20(36)33-18)25(27,28)29/h1-7,10-12H,8-9H2,(H2,30,37)(H,33,36)(H,31,32,34). The summed E-state index contributed by atoms with van der Waals surface area (Å²) in [6.45, 7) is 0. The molecule has 2 heterocycles. The number of benzene rings is 2. The van der Waals surface area contributed by atoms with Gasteiger partial charge in [-0.25, -0.2) is 9.37 Å². The van der Waals surface area contributed by atoms with Crippen molar-refractivity contribution in [1.82, 2.24) is 15.0 Å². The van der Waals surface area contributed by atoms with Crippen molar-refractivity contribution in [2.75, 3.05) is 10.2 Å². The van der Waals surface area contributed by atoms with E-state index in [1.807, 2.05) is 0 Å². The van der Waals surface area contributed by atoms with E-state index < -0.39 is 40.3 Å². The van der Waals surface area contributed by atoms with Crippen LogP contribution in [0.25, 0.3) is 10.9 Å². The van der Waals surface area contributed by atoms with Gasteiger partial charge in [0.25, 0.3) is 5.56 Å². The molecular formula is C25H18F4N6O3. The minimum atomic E-state index is -4.83. The fourth-order valence-corrected chi connectivity index (χ4v) is 4.01. The summed E-state index contributed by atoms with van der Waals surface area (Å²) in [5.74, 6) is -1.92. The zero-order chi connectivity index (χ0) is 27.2. The maximum Gasteiger partial charge on any atom is 0.421 e. The van der Waals surface area contributed by atoms with Crippen molar-refractivity contribution in [1.29, 1.82) is 0 Å². The van der Waals surface area contributed by atoms with Gasteiger partial charge < -0.3 is 16.0 Å². The lowest BCUT2D eigenvalue weighted by atomic mass is 10.0. The molecular weight excluding hydrogens is 508 g/mol. The highest BCUT2D eigenvalue weighted by molar-refractivity contribution is 6.16. The summed E-state index contributed by atoms with van der Waals surface area (Å²) in [4.78, 5) is 49.0. The van der Waals surface area contributed by atoms with Crippen LogP contribution in [-0.4, -0.2) is 26.8 Å². The van der Waals surface area contributed by atoms with Gasteiger partial charge in [0.1, 0.15) is 22.6 Å². The first kappa shape index (κ1) is 24.9. The van der Waals surface area contributed by atoms with E-state index in [1.165, 1.54) is 42.6 Å². The Morgan fingerprint density at radius 3 is 2.39 bits per heavy atom. The minimum Gasteiger partial charge on any atom is -0.369 e. The molecule has 38 heavy (non-hydrogen) atoms. The minimum absolute atomic E-state index is 0.0221. The summed E-state index contributed by atoms with van der Waals surface area (Å²) >= 11 is 0. The number of nitrogens with zero attached hydrogens (tertiary/aromatic N) is 3. The van der Waals surface area contributed by atoms with Gasteiger partial charge in [-0.05, 0) is 61.4 Å². The quantitative estimate of drug-likeness (QED) is 0.255. The van der Waals surface area contributed by atoms with E-state index in [0.717, 1.165) is 23.1 Å². The molecule has 0 atom stereocenters. The van der Waals surface area contributed by atoms with Crippen molar-refractivity contribution in [3.8, 4) is 0 Å². The third-order valence-electron chi connectivity index (χ3n) is 6.19. The van der Waals surface area contributed by atoms with E-state index >= 15 is 0 Å². The normalized spacial score (nSPS) is 14.2. The lowest BCUT2D eigenvalue weighted by molar-refractivity contribution is -0.138. The number of nitrogens with two attached hydrogens (primary N) is 1. The summed E-state index contributed by atoms with van der Waals surface area (Å²) in [6.07, 6.45) is -2.98. The third kappa shape index (κ3) is 4.53. The number of primary amides is 1. The number of nitrogens with one attached hydrogen (secondary N) is 2. The molecule has 0 radical (unpaired) electrons. The number of rotatable bonds is 6. The Kier molecular flexibility index (Phi) is 5.85. The summed E-state index contributed by atoms with van der Waals surface area (Å²) in [7, 11) is 0. The smallest absolute Gasteiger partial charge is 0.369 e. The molecule has 194 valence electrons. The van der Waals surface area contributed by atoms with Crippen LogP contribution in [0.4, 0.5) is 40.7 Å². The SMILES string of the molecule is NC(=O)C1(C(=O)N(c2ccc(F)cc2)c2ccnc(Nc3ccc4[nH]c(=O)c(C(F)(F)F)cc4c3)n2)CC1. The predicted octanol–water partition coefficient (Wildman–Crippen LogP) is 4.15. The zero-order valence-electron chi connectivity index (χ0n) is 19.3. The molecule has 4 aromatic rings. The monoisotopic (exact) mass is 526 g/mol. The van der Waals surface area contributed by atoms with E-state index in [0.29, 0.717) is 5.69 Å². The number of aromatic nitrogens is 3. The fraction of sp³-hybridized carbons (Fsp3) is 0.160. The molecule has 1 aliphatic carbocycles. The van der Waals surface area contributed by atoms with E-state index in [2.05, 4.69) is 20.3 Å². The summed E-state index contributed by atoms with van der Waals surface area (Å²) in [6, 6.07) is 11.4. The second-order valence-corrected chi connectivity index (χ2v) is 8.74. The molecule has 1 saturated carbocycles. The van der Waals surface area contributed by atoms with E-state index in [-0.39, 0.29) is 41.2 Å². The molecule has 4 N–H and O–H groups in total. The van der Waals surface area contributed by atoms with Crippen molar-refractivity contribution in [2.45, 2.75) is 19.0 Å². The second-order valence-electron chi connectivity index (χ2n) is 8.74. The topological polar surface area (TPSA) is 134 Å². The molecule has 0 bridgehead atoms. The Morgan fingerprint density at radius 2 is 1.76 bits per heavy atom. The van der Waals surface area contributed by atoms with Crippen LogP contribution in [0.15, 0.2) is 65.6 Å². The average Bonchev–Trinajstić information content (AvgIpc) is 3.67. The Labute approximate surface area is 211 Å². The van der Waals surface area contributed by atoms with Gasteiger partial charge in [0.05, 0.1) is 5.69 Å². The van der Waals surface area contributed by atoms with Crippen molar-refractivity contribution >= 4 is 45.9 Å². The van der Waals surface area contributed by atoms with Crippen LogP contribution in [0.1, 0.15) is 18.4 Å². The van der Waals surface area contributed by atoms with Crippen LogP contribution in [0.2, 0.25) is 0 Å². The van der Waals surface area contributed by atoms with Crippen LogP contribution in [0.5, 0.6) is 0 Å². The predicted molar refractivity (Wildman–Crippen MR) is 129 cm³/mol. The molecule has 0 spiro atoms. The first-order valence-electron chi connectivity index (χ1n) is 11.2. The molecule has 0 saturated heterocycles. The number of fused-ring (bicyclic) bond motifs is 1. The van der Waals surface area contributed by atoms with Crippen LogP contribution < -0.4 is 21.5 Å². The Morgan fingerprint density at radius 1 is 1.05 bits per heavy atom. The number of hydrogen-bond acceptors (Lipinski definition) is 6. The van der Waals surface area contributed by atoms with Gasteiger partial charge in [0, 0.05) is 28.9 Å². The molecule has 1 aliphatic rings. The Bertz CT molecular complexity index is 1630. The number of amides is 2. The van der Waals surface area contributed by atoms with Crippen LogP contribution in [-0.2, 0) is 15.8 Å². The number of carbonyl (C=O) groups is 2. The Balaban J connectivity index is 1.51. The van der Waals surface area contributed by atoms with Crippen molar-refractivity contribution in [2.24, 2.45) is 11.1 Å². The van der Waals surface area contributed by atoms with Gasteiger partial charge in [-0.15, -0.1) is 0 Å². The van der Waals surface area contributed by atoms with Crippen molar-refractivity contribution in [3.05, 3.63) is 82.5 Å². The molecule has 13 heteroatoms. The number of halogens is 4. The molecule has 2 amide bonds. The maximum absolute atomic E-state index is 13.6. The molecule has 9 nitrogen and oxygen atoms in total. The fourth-order valence-electron chi connectivity index (χ4n) is 4.01. The number of aromatic amines is 1. The van der Waals surface area contributed by atoms with Gasteiger partial charge in [0.2, 0.25) is 17.8 Å². The highest BCUT2D eigenvalue weighted by atomic mass is 19.4. The summed E-state index contributed by atoms with van der Waals surface area (Å²) < 4.78 is 53.1. The first-order valence-corrected chi connectivity index (χ1v) is 11.2. The van der Waals surface area contributed by atoms with Gasteiger partial charge >= 0.3 is 6.18 Å². The third-order valence-corrected chi connectivity index (χ3v) is 6.19. The second kappa shape index (κ2) is 8.94. The number of H-pyrrole nitrogens is 1. The molecule has 5 rings (SSSR count). The van der Waals surface area contributed by atoms with Gasteiger partial charge in [-0.3, -0.25) is 19.3 Å². The zero-order valence-corrected chi connectivity index (χ0v) is 19.3. The lowest BCUT2D eigenvalue weighted by Crippen LogP contribution is -2.41. The van der Waals surface area contributed by atoms with Crippen molar-refractivity contribution < 1.29 is 27.2 Å². The molecule has 2 aromatic heterocycles. The Hall–Kier alpha value is -4.81. The number of alkyl halides is 3. The van der Waals surface area contributed by atoms with E-state index in [9.17, 15) is 31.9 Å². The number of pyridine rings is 1. The largest absolute Gasteiger partial charge is 0.421 e. The summed E-state index contributed by atoms with van der Waals surface area (Å²) in [5, 5.41) is 2.97. The highest BCUT2D eigenvalue weighted by Gasteiger charge is 2.57. The molecule has 0 aliphatic heterocycles. The van der Waals surface area contributed by atoms with Crippen molar-refractivity contribution in [3.63, 3.8) is 0 Å². The summed E-state index contributed by atoms with van der Waals surface area (Å²) in [5.41, 5.74) is 2.23. The van der Waals surface area contributed by atoms with E-state index in [4.69, 9.17) is 5.73 Å². The van der Waals surface area contributed by atoms with Gasteiger partial charge in [0.15, 0.2) is 0 Å². The number of anilines is 4. The van der Waals surface area contributed by atoms with Crippen LogP contribution >= 0.6 is 0 Å². The van der Waals surface area contributed by atoms with Crippen LogP contribution in [0, 0.1) is 11.2 Å². The number of hydrogen-bond donors (Lipinski definition) is 3. The molecule has 1 fully saturated rings. The van der Waals surface area contributed by atoms with Gasteiger partial charge in [-0.1, -0.05) is 0 Å². The maximum atomic E-state index is 13.6. The number of carbonyl (C=O) groups excluding carboxylic acids is 2. The first-order chi connectivity index (χ1) is 18.0. The lowest BCUT2D eigenvalue weighted by Gasteiger charge is -2.25. The molecule has 0 unspecified atom stereocenters. The molecule has 2 aromatic carbocycles. The average molecular weight is 526 g/mol. The van der Waals surface area contributed by atoms with Gasteiger partial charge in [-0.2, -0.15) is 18.2 Å². The highest BCUT2D eigenvalue weighted by Crippen LogP contribution is 2.48. The van der Waals surface area contributed by atoms with Crippen LogP contribution in [0.3, 0.4) is 0 Å². The van der Waals surface area contributed by atoms with E-state index in [1.54, 1.807) is 0 Å².